The number of allylic oxidation sites excluding steroid dienone is 3. The SMILES string of the molecule is C=CC[C@H](C)/C(C)=C/C(=C)N=CC. The Morgan fingerprint density at radius 1 is 1.54 bits per heavy atom. The van der Waals surface area contributed by atoms with Crippen molar-refractivity contribution in [2.45, 2.75) is 27.2 Å². The number of nitrogens with zero attached hydrogens (tertiary/aromatic N) is 1. The highest BCUT2D eigenvalue weighted by atomic mass is 14.7. The zero-order valence-electron chi connectivity index (χ0n) is 8.88. The number of aliphatic imine (C=N–C) groups is 1. The quantitative estimate of drug-likeness (QED) is 0.344. The Morgan fingerprint density at radius 3 is 2.62 bits per heavy atom. The molecule has 0 aromatic heterocycles. The molecule has 0 aliphatic rings. The van der Waals surface area contributed by atoms with Crippen LogP contribution >= 0.6 is 0 Å². The van der Waals surface area contributed by atoms with Gasteiger partial charge in [-0.1, -0.05) is 25.2 Å². The molecule has 1 atom stereocenters. The highest BCUT2D eigenvalue weighted by molar-refractivity contribution is 5.56. The van der Waals surface area contributed by atoms with Gasteiger partial charge in [0.25, 0.3) is 0 Å². The van der Waals surface area contributed by atoms with E-state index < -0.39 is 0 Å². The maximum absolute atomic E-state index is 4.09. The minimum atomic E-state index is 0.529. The fourth-order valence-electron chi connectivity index (χ4n) is 1.04. The van der Waals surface area contributed by atoms with Crippen molar-refractivity contribution in [3.63, 3.8) is 0 Å². The van der Waals surface area contributed by atoms with Crippen LogP contribution in [0.1, 0.15) is 27.2 Å². The van der Waals surface area contributed by atoms with E-state index in [1.165, 1.54) is 5.57 Å². The Kier molecular flexibility index (Phi) is 5.86. The molecular formula is C12H19N. The summed E-state index contributed by atoms with van der Waals surface area (Å²) in [6.45, 7) is 13.7. The summed E-state index contributed by atoms with van der Waals surface area (Å²) in [5.41, 5.74) is 2.12. The summed E-state index contributed by atoms with van der Waals surface area (Å²) in [4.78, 5) is 4.09. The lowest BCUT2D eigenvalue weighted by molar-refractivity contribution is 0.695. The molecule has 0 spiro atoms. The van der Waals surface area contributed by atoms with Crippen LogP contribution in [0.15, 0.2) is 41.6 Å². The third-order valence-corrected chi connectivity index (χ3v) is 1.99. The van der Waals surface area contributed by atoms with Gasteiger partial charge in [-0.05, 0) is 32.3 Å². The van der Waals surface area contributed by atoms with E-state index in [4.69, 9.17) is 0 Å². The van der Waals surface area contributed by atoms with E-state index in [0.29, 0.717) is 5.92 Å². The molecule has 0 saturated heterocycles. The van der Waals surface area contributed by atoms with E-state index in [9.17, 15) is 0 Å². The van der Waals surface area contributed by atoms with Gasteiger partial charge in [0.15, 0.2) is 0 Å². The zero-order chi connectivity index (χ0) is 10.3. The van der Waals surface area contributed by atoms with Gasteiger partial charge in [-0.15, -0.1) is 6.58 Å². The molecule has 13 heavy (non-hydrogen) atoms. The predicted molar refractivity (Wildman–Crippen MR) is 61.0 cm³/mol. The van der Waals surface area contributed by atoms with Gasteiger partial charge in [-0.2, -0.15) is 0 Å². The van der Waals surface area contributed by atoms with E-state index in [0.717, 1.165) is 12.1 Å². The first-order valence-corrected chi connectivity index (χ1v) is 4.58. The molecule has 0 aliphatic carbocycles. The van der Waals surface area contributed by atoms with Crippen LogP contribution < -0.4 is 0 Å². The van der Waals surface area contributed by atoms with Crippen molar-refractivity contribution in [1.29, 1.82) is 0 Å². The van der Waals surface area contributed by atoms with E-state index >= 15 is 0 Å². The first-order chi connectivity index (χ1) is 6.11. The summed E-state index contributed by atoms with van der Waals surface area (Å²) in [5, 5.41) is 0. The molecule has 0 radical (unpaired) electrons. The summed E-state index contributed by atoms with van der Waals surface area (Å²) in [7, 11) is 0. The minimum Gasteiger partial charge on any atom is -0.262 e. The number of hydrogen-bond acceptors (Lipinski definition) is 1. The summed E-state index contributed by atoms with van der Waals surface area (Å²) in [5.74, 6) is 0.529. The average Bonchev–Trinajstić information content (AvgIpc) is 2.05. The third-order valence-electron chi connectivity index (χ3n) is 1.99. The van der Waals surface area contributed by atoms with E-state index in [1.54, 1.807) is 6.21 Å². The Hall–Kier alpha value is -1.11. The van der Waals surface area contributed by atoms with Crippen LogP contribution in [0.5, 0.6) is 0 Å². The van der Waals surface area contributed by atoms with Crippen molar-refractivity contribution in [2.24, 2.45) is 10.9 Å². The molecule has 0 amide bonds. The van der Waals surface area contributed by atoms with E-state index in [2.05, 4.69) is 32.0 Å². The van der Waals surface area contributed by atoms with Gasteiger partial charge in [-0.25, -0.2) is 0 Å². The van der Waals surface area contributed by atoms with Gasteiger partial charge in [0.2, 0.25) is 0 Å². The molecule has 1 nitrogen and oxygen atoms in total. The number of hydrogen-bond donors (Lipinski definition) is 0. The smallest absolute Gasteiger partial charge is 0.0553 e. The molecule has 0 unspecified atom stereocenters. The third kappa shape index (κ3) is 5.18. The maximum atomic E-state index is 4.09. The molecule has 72 valence electrons. The second-order valence-electron chi connectivity index (χ2n) is 3.19. The van der Waals surface area contributed by atoms with Crippen molar-refractivity contribution >= 4 is 6.21 Å². The molecule has 0 heterocycles. The standard InChI is InChI=1S/C12H19N/c1-6-8-10(3)11(4)9-12(5)13-7-2/h6-7,9-10H,1,5,8H2,2-4H3/b11-9+,13-7?/t10-/m0/s1. The fraction of sp³-hybridized carbons (Fsp3) is 0.417. The summed E-state index contributed by atoms with van der Waals surface area (Å²) >= 11 is 0. The van der Waals surface area contributed by atoms with Crippen molar-refractivity contribution < 1.29 is 0 Å². The second kappa shape index (κ2) is 6.41. The lowest BCUT2D eigenvalue weighted by Gasteiger charge is -2.08. The summed E-state index contributed by atoms with van der Waals surface area (Å²) < 4.78 is 0. The zero-order valence-corrected chi connectivity index (χ0v) is 8.88. The molecule has 1 heteroatoms. The summed E-state index contributed by atoms with van der Waals surface area (Å²) in [6, 6.07) is 0. The Balaban J connectivity index is 4.29. The Labute approximate surface area is 81.6 Å². The van der Waals surface area contributed by atoms with Crippen LogP contribution in [0, 0.1) is 5.92 Å². The van der Waals surface area contributed by atoms with Crippen LogP contribution in [-0.2, 0) is 0 Å². The molecule has 0 aromatic rings. The molecule has 0 rings (SSSR count). The van der Waals surface area contributed by atoms with Gasteiger partial charge in [0.05, 0.1) is 5.70 Å². The van der Waals surface area contributed by atoms with Crippen LogP contribution in [-0.4, -0.2) is 6.21 Å². The van der Waals surface area contributed by atoms with E-state index in [-0.39, 0.29) is 0 Å². The van der Waals surface area contributed by atoms with Gasteiger partial charge in [0.1, 0.15) is 0 Å². The molecule has 0 saturated carbocycles. The van der Waals surface area contributed by atoms with Crippen LogP contribution in [0.4, 0.5) is 0 Å². The van der Waals surface area contributed by atoms with Gasteiger partial charge >= 0.3 is 0 Å². The largest absolute Gasteiger partial charge is 0.262 e. The molecule has 0 fully saturated rings. The number of rotatable bonds is 5. The normalized spacial score (nSPS) is 14.5. The second-order valence-corrected chi connectivity index (χ2v) is 3.19. The first-order valence-electron chi connectivity index (χ1n) is 4.58. The van der Waals surface area contributed by atoms with Crippen LogP contribution in [0.3, 0.4) is 0 Å². The summed E-state index contributed by atoms with van der Waals surface area (Å²) in [6.07, 6.45) is 6.72. The molecule has 0 bridgehead atoms. The van der Waals surface area contributed by atoms with Gasteiger partial charge in [0, 0.05) is 6.21 Å². The first kappa shape index (κ1) is 11.9. The van der Waals surface area contributed by atoms with Crippen molar-refractivity contribution in [3.05, 3.63) is 36.6 Å². The lowest BCUT2D eigenvalue weighted by atomic mass is 9.98. The molecule has 0 aromatic carbocycles. The molecule has 0 aliphatic heterocycles. The maximum Gasteiger partial charge on any atom is 0.0553 e. The molecular weight excluding hydrogens is 158 g/mol. The Morgan fingerprint density at radius 2 is 2.15 bits per heavy atom. The Bertz CT molecular complexity index is 234. The topological polar surface area (TPSA) is 12.4 Å². The van der Waals surface area contributed by atoms with Gasteiger partial charge in [-0.3, -0.25) is 4.99 Å². The highest BCUT2D eigenvalue weighted by Gasteiger charge is 2.01. The predicted octanol–water partition coefficient (Wildman–Crippen LogP) is 3.75. The van der Waals surface area contributed by atoms with Crippen LogP contribution in [0.25, 0.3) is 0 Å². The fourth-order valence-corrected chi connectivity index (χ4v) is 1.04. The van der Waals surface area contributed by atoms with Crippen molar-refractivity contribution in [2.75, 3.05) is 0 Å². The average molecular weight is 177 g/mol. The van der Waals surface area contributed by atoms with E-state index in [1.807, 2.05) is 19.1 Å². The minimum absolute atomic E-state index is 0.529. The van der Waals surface area contributed by atoms with Gasteiger partial charge < -0.3 is 0 Å². The lowest BCUT2D eigenvalue weighted by Crippen LogP contribution is -1.94. The van der Waals surface area contributed by atoms with Crippen LogP contribution in [0.2, 0.25) is 0 Å². The highest BCUT2D eigenvalue weighted by Crippen LogP contribution is 2.15. The monoisotopic (exact) mass is 177 g/mol. The van der Waals surface area contributed by atoms with Crippen molar-refractivity contribution in [1.82, 2.24) is 0 Å². The van der Waals surface area contributed by atoms with Crippen molar-refractivity contribution in [3.8, 4) is 0 Å². The molecule has 0 N–H and O–H groups in total.